The van der Waals surface area contributed by atoms with Crippen molar-refractivity contribution in [3.05, 3.63) is 69.8 Å². The highest BCUT2D eigenvalue weighted by Gasteiger charge is 2.07. The Morgan fingerprint density at radius 3 is 2.35 bits per heavy atom. The number of benzene rings is 2. The number of hydrogen-bond acceptors (Lipinski definition) is 3. The van der Waals surface area contributed by atoms with Crippen molar-refractivity contribution in [2.75, 3.05) is 0 Å². The molecule has 23 heavy (non-hydrogen) atoms. The zero-order chi connectivity index (χ0) is 16.8. The first-order valence-corrected chi connectivity index (χ1v) is 6.79. The third-order valence-electron chi connectivity index (χ3n) is 2.83. The van der Waals surface area contributed by atoms with E-state index in [1.54, 1.807) is 24.3 Å². The Hall–Kier alpha value is -2.89. The van der Waals surface area contributed by atoms with Crippen LogP contribution in [0.25, 0.3) is 6.08 Å². The Morgan fingerprint density at radius 2 is 1.74 bits per heavy atom. The molecule has 0 saturated heterocycles. The quantitative estimate of drug-likeness (QED) is 0.768. The lowest BCUT2D eigenvalue weighted by atomic mass is 10.1. The van der Waals surface area contributed by atoms with Crippen molar-refractivity contribution in [3.8, 4) is 17.9 Å². The summed E-state index contributed by atoms with van der Waals surface area (Å²) >= 11 is 5.90. The molecule has 0 heterocycles. The van der Waals surface area contributed by atoms with E-state index in [-0.39, 0.29) is 12.2 Å². The van der Waals surface area contributed by atoms with E-state index in [1.165, 1.54) is 12.1 Å². The largest absolute Gasteiger partial charge is 0.488 e. The Labute approximate surface area is 136 Å². The molecule has 0 bridgehead atoms. The van der Waals surface area contributed by atoms with E-state index in [9.17, 15) is 8.78 Å². The van der Waals surface area contributed by atoms with Gasteiger partial charge in [0.15, 0.2) is 0 Å². The maximum absolute atomic E-state index is 13.2. The van der Waals surface area contributed by atoms with Gasteiger partial charge in [-0.05, 0) is 42.0 Å². The molecular formula is C17H9ClF2N2O. The molecule has 2 aromatic rings. The van der Waals surface area contributed by atoms with Crippen molar-refractivity contribution >= 4 is 17.7 Å². The van der Waals surface area contributed by atoms with Gasteiger partial charge in [-0.2, -0.15) is 10.5 Å². The van der Waals surface area contributed by atoms with Gasteiger partial charge in [-0.25, -0.2) is 8.78 Å². The van der Waals surface area contributed by atoms with Crippen molar-refractivity contribution < 1.29 is 13.5 Å². The van der Waals surface area contributed by atoms with E-state index < -0.39 is 11.6 Å². The first-order chi connectivity index (χ1) is 11.0. The summed E-state index contributed by atoms with van der Waals surface area (Å²) in [5.74, 6) is -1.06. The molecule has 0 fully saturated rings. The summed E-state index contributed by atoms with van der Waals surface area (Å²) in [5, 5.41) is 18.0. The molecule has 0 aliphatic rings. The number of allylic oxidation sites excluding steroid dienone is 1. The van der Waals surface area contributed by atoms with Crippen LogP contribution in [0.3, 0.4) is 0 Å². The first-order valence-electron chi connectivity index (χ1n) is 6.41. The maximum atomic E-state index is 13.2. The van der Waals surface area contributed by atoms with Crippen LogP contribution in [0.2, 0.25) is 5.02 Å². The molecule has 2 aromatic carbocycles. The molecule has 2 rings (SSSR count). The highest BCUT2D eigenvalue weighted by Crippen LogP contribution is 2.26. The number of hydrogen-bond donors (Lipinski definition) is 0. The molecule has 0 aromatic heterocycles. The summed E-state index contributed by atoms with van der Waals surface area (Å²) in [4.78, 5) is 0. The Balaban J connectivity index is 2.28. The molecule has 0 saturated carbocycles. The van der Waals surface area contributed by atoms with E-state index in [0.29, 0.717) is 21.9 Å². The normalized spacial score (nSPS) is 9.61. The van der Waals surface area contributed by atoms with Crippen molar-refractivity contribution in [1.29, 1.82) is 10.5 Å². The second kappa shape index (κ2) is 7.40. The minimum atomic E-state index is -0.698. The van der Waals surface area contributed by atoms with Gasteiger partial charge in [0.1, 0.15) is 41.7 Å². The fourth-order valence-electron chi connectivity index (χ4n) is 1.86. The number of halogens is 3. The predicted octanol–water partition coefficient (Wildman–Crippen LogP) is 4.63. The van der Waals surface area contributed by atoms with Crippen LogP contribution >= 0.6 is 11.6 Å². The average molecular weight is 331 g/mol. The highest BCUT2D eigenvalue weighted by atomic mass is 35.5. The monoisotopic (exact) mass is 330 g/mol. The second-order valence-electron chi connectivity index (χ2n) is 4.53. The van der Waals surface area contributed by atoms with Crippen molar-refractivity contribution in [3.63, 3.8) is 0 Å². The maximum Gasteiger partial charge on any atom is 0.130 e. The van der Waals surface area contributed by atoms with Crippen molar-refractivity contribution in [1.82, 2.24) is 0 Å². The van der Waals surface area contributed by atoms with E-state index in [0.717, 1.165) is 18.2 Å². The van der Waals surface area contributed by atoms with Crippen LogP contribution in [-0.4, -0.2) is 0 Å². The van der Waals surface area contributed by atoms with E-state index in [1.807, 2.05) is 0 Å². The van der Waals surface area contributed by atoms with Gasteiger partial charge in [-0.15, -0.1) is 0 Å². The summed E-state index contributed by atoms with van der Waals surface area (Å²) in [6, 6.07) is 11.2. The van der Waals surface area contributed by atoms with Crippen LogP contribution in [0.15, 0.2) is 42.0 Å². The smallest absolute Gasteiger partial charge is 0.130 e. The lowest BCUT2D eigenvalue weighted by Gasteiger charge is -2.10. The van der Waals surface area contributed by atoms with Gasteiger partial charge >= 0.3 is 0 Å². The predicted molar refractivity (Wildman–Crippen MR) is 81.3 cm³/mol. The van der Waals surface area contributed by atoms with Gasteiger partial charge in [-0.3, -0.25) is 0 Å². The zero-order valence-corrected chi connectivity index (χ0v) is 12.4. The summed E-state index contributed by atoms with van der Waals surface area (Å²) in [7, 11) is 0. The molecule has 0 aliphatic carbocycles. The Morgan fingerprint density at radius 1 is 1.09 bits per heavy atom. The summed E-state index contributed by atoms with van der Waals surface area (Å²) in [6.07, 6.45) is 1.33. The Kier molecular flexibility index (Phi) is 5.30. The van der Waals surface area contributed by atoms with Gasteiger partial charge in [-0.1, -0.05) is 11.6 Å². The third-order valence-corrected chi connectivity index (χ3v) is 3.06. The molecule has 0 unspecified atom stereocenters. The molecular weight excluding hydrogens is 322 g/mol. The average Bonchev–Trinajstić information content (AvgIpc) is 2.50. The number of rotatable bonds is 4. The lowest BCUT2D eigenvalue weighted by Crippen LogP contribution is -1.98. The van der Waals surface area contributed by atoms with E-state index in [2.05, 4.69) is 0 Å². The Bertz CT molecular complexity index is 814. The second-order valence-corrected chi connectivity index (χ2v) is 4.97. The molecule has 0 amide bonds. The lowest BCUT2D eigenvalue weighted by molar-refractivity contribution is 0.304. The molecule has 114 valence electrons. The van der Waals surface area contributed by atoms with Crippen LogP contribution in [0, 0.1) is 34.3 Å². The van der Waals surface area contributed by atoms with Crippen LogP contribution in [0.1, 0.15) is 11.1 Å². The van der Waals surface area contributed by atoms with E-state index >= 15 is 0 Å². The van der Waals surface area contributed by atoms with Crippen molar-refractivity contribution in [2.45, 2.75) is 6.61 Å². The topological polar surface area (TPSA) is 56.8 Å². The standard InChI is InChI=1S/C17H9ClF2N2O/c18-14-1-2-17(13(6-14)3-12(8-21)9-22)23-10-11-4-15(19)7-16(20)5-11/h1-7H,10H2. The molecule has 3 nitrogen and oxygen atoms in total. The van der Waals surface area contributed by atoms with Crippen molar-refractivity contribution in [2.24, 2.45) is 0 Å². The molecule has 0 N–H and O–H groups in total. The molecule has 0 radical (unpaired) electrons. The fourth-order valence-corrected chi connectivity index (χ4v) is 2.04. The SMILES string of the molecule is N#CC(C#N)=Cc1cc(Cl)ccc1OCc1cc(F)cc(F)c1. The molecule has 0 aliphatic heterocycles. The minimum Gasteiger partial charge on any atom is -0.488 e. The van der Waals surface area contributed by atoms with Gasteiger partial charge in [0, 0.05) is 16.7 Å². The molecule has 6 heteroatoms. The molecule has 0 atom stereocenters. The van der Waals surface area contributed by atoms with Gasteiger partial charge in [0.2, 0.25) is 0 Å². The highest BCUT2D eigenvalue weighted by molar-refractivity contribution is 6.30. The minimum absolute atomic E-state index is 0.0778. The summed E-state index contributed by atoms with van der Waals surface area (Å²) in [6.45, 7) is -0.0778. The van der Waals surface area contributed by atoms with Crippen LogP contribution in [0.5, 0.6) is 5.75 Å². The molecule has 0 spiro atoms. The number of nitriles is 2. The number of nitrogens with zero attached hydrogens (tertiary/aromatic N) is 2. The van der Waals surface area contributed by atoms with Crippen LogP contribution in [-0.2, 0) is 6.61 Å². The van der Waals surface area contributed by atoms with E-state index in [4.69, 9.17) is 26.9 Å². The summed E-state index contributed by atoms with van der Waals surface area (Å²) in [5.41, 5.74) is 0.620. The van der Waals surface area contributed by atoms with Gasteiger partial charge in [0.05, 0.1) is 0 Å². The van der Waals surface area contributed by atoms with Gasteiger partial charge < -0.3 is 4.74 Å². The third kappa shape index (κ3) is 4.54. The summed E-state index contributed by atoms with van der Waals surface area (Å²) < 4.78 is 31.8. The zero-order valence-electron chi connectivity index (χ0n) is 11.7. The fraction of sp³-hybridized carbons (Fsp3) is 0.0588. The van der Waals surface area contributed by atoms with Gasteiger partial charge in [0.25, 0.3) is 0 Å². The van der Waals surface area contributed by atoms with Crippen LogP contribution in [0.4, 0.5) is 8.78 Å². The number of ether oxygens (including phenoxy) is 1. The first kappa shape index (κ1) is 16.5. The van der Waals surface area contributed by atoms with Crippen LogP contribution < -0.4 is 4.74 Å².